The first-order valence-corrected chi connectivity index (χ1v) is 4.48. The average Bonchev–Trinajstić information content (AvgIpc) is 2.22. The molecule has 0 saturated heterocycles. The quantitative estimate of drug-likeness (QED) is 0.753. The Labute approximate surface area is 93.3 Å². The Morgan fingerprint density at radius 3 is 2.53 bits per heavy atom. The van der Waals surface area contributed by atoms with Gasteiger partial charge in [0.1, 0.15) is 16.6 Å². The number of H-pyrrole nitrogens is 1. The standard InChI is InChI=1S/C7H6Cl2N2O4/c1-15-3(12)2-11-7(14)5(9)4(8)6(13)10-11/h2H2,1H3,(H,10,13). The molecule has 0 aliphatic carbocycles. The van der Waals surface area contributed by atoms with E-state index in [1.165, 1.54) is 0 Å². The van der Waals surface area contributed by atoms with E-state index >= 15 is 0 Å². The monoisotopic (exact) mass is 252 g/mol. The van der Waals surface area contributed by atoms with Crippen LogP contribution in [0.4, 0.5) is 0 Å². The number of nitrogens with one attached hydrogen (secondary N) is 1. The smallest absolute Gasteiger partial charge is 0.327 e. The minimum absolute atomic E-state index is 0.400. The van der Waals surface area contributed by atoms with Crippen molar-refractivity contribution >= 4 is 29.2 Å². The summed E-state index contributed by atoms with van der Waals surface area (Å²) in [5.74, 6) is -0.689. The lowest BCUT2D eigenvalue weighted by Gasteiger charge is -2.04. The maximum atomic E-state index is 11.4. The molecule has 1 N–H and O–H groups in total. The third kappa shape index (κ3) is 2.40. The van der Waals surface area contributed by atoms with Crippen molar-refractivity contribution in [3.63, 3.8) is 0 Å². The number of esters is 1. The maximum absolute atomic E-state index is 11.4. The lowest BCUT2D eigenvalue weighted by Crippen LogP contribution is -2.33. The fraction of sp³-hybridized carbons (Fsp3) is 0.286. The predicted molar refractivity (Wildman–Crippen MR) is 53.4 cm³/mol. The van der Waals surface area contributed by atoms with Crippen LogP contribution in [0.15, 0.2) is 9.59 Å². The molecule has 1 rings (SSSR count). The van der Waals surface area contributed by atoms with E-state index in [9.17, 15) is 14.4 Å². The Kier molecular flexibility index (Phi) is 3.54. The Morgan fingerprint density at radius 1 is 1.40 bits per heavy atom. The van der Waals surface area contributed by atoms with Gasteiger partial charge < -0.3 is 4.74 Å². The molecule has 0 spiro atoms. The molecule has 1 heterocycles. The van der Waals surface area contributed by atoms with Crippen molar-refractivity contribution in [2.45, 2.75) is 6.54 Å². The molecule has 0 aromatic carbocycles. The van der Waals surface area contributed by atoms with E-state index in [1.807, 2.05) is 0 Å². The lowest BCUT2D eigenvalue weighted by atomic mass is 10.5. The predicted octanol–water partition coefficient (Wildman–Crippen LogP) is 0.0164. The van der Waals surface area contributed by atoms with Gasteiger partial charge in [-0.15, -0.1) is 0 Å². The number of carbonyl (C=O) groups is 1. The van der Waals surface area contributed by atoms with E-state index in [0.717, 1.165) is 11.8 Å². The molecular formula is C7H6Cl2N2O4. The van der Waals surface area contributed by atoms with Crippen LogP contribution < -0.4 is 11.1 Å². The summed E-state index contributed by atoms with van der Waals surface area (Å²) in [6, 6.07) is 0. The minimum Gasteiger partial charge on any atom is -0.468 e. The lowest BCUT2D eigenvalue weighted by molar-refractivity contribution is -0.141. The second-order valence-electron chi connectivity index (χ2n) is 2.54. The highest BCUT2D eigenvalue weighted by Crippen LogP contribution is 2.10. The molecule has 0 aliphatic heterocycles. The number of hydrogen-bond donors (Lipinski definition) is 1. The number of aromatic nitrogens is 2. The first-order chi connectivity index (χ1) is 6.97. The van der Waals surface area contributed by atoms with Crippen LogP contribution in [0.1, 0.15) is 0 Å². The third-order valence-corrected chi connectivity index (χ3v) is 2.38. The minimum atomic E-state index is -0.758. The number of hydrogen-bond acceptors (Lipinski definition) is 4. The molecule has 8 heteroatoms. The summed E-state index contributed by atoms with van der Waals surface area (Å²) < 4.78 is 5.05. The molecular weight excluding hydrogens is 247 g/mol. The Balaban J connectivity index is 3.27. The van der Waals surface area contributed by atoms with Crippen LogP contribution in [0.5, 0.6) is 0 Å². The topological polar surface area (TPSA) is 81.2 Å². The molecule has 0 bridgehead atoms. The van der Waals surface area contributed by atoms with Crippen LogP contribution in [-0.2, 0) is 16.1 Å². The van der Waals surface area contributed by atoms with Crippen molar-refractivity contribution < 1.29 is 9.53 Å². The summed E-state index contributed by atoms with van der Waals surface area (Å²) in [7, 11) is 1.16. The Morgan fingerprint density at radius 2 is 2.00 bits per heavy atom. The molecule has 6 nitrogen and oxygen atoms in total. The number of carbonyl (C=O) groups excluding carboxylic acids is 1. The first kappa shape index (κ1) is 11.8. The van der Waals surface area contributed by atoms with E-state index < -0.39 is 33.7 Å². The summed E-state index contributed by atoms with van der Waals surface area (Å²) in [6.07, 6.45) is 0. The van der Waals surface area contributed by atoms with Crippen LogP contribution in [0.25, 0.3) is 0 Å². The zero-order valence-electron chi connectivity index (χ0n) is 7.54. The number of aromatic amines is 1. The van der Waals surface area contributed by atoms with Gasteiger partial charge in [0.2, 0.25) is 0 Å². The van der Waals surface area contributed by atoms with E-state index in [0.29, 0.717) is 0 Å². The van der Waals surface area contributed by atoms with Crippen molar-refractivity contribution in [1.82, 2.24) is 9.78 Å². The summed E-state index contributed by atoms with van der Waals surface area (Å²) in [5, 5.41) is 1.25. The summed E-state index contributed by atoms with van der Waals surface area (Å²) >= 11 is 10.9. The van der Waals surface area contributed by atoms with Gasteiger partial charge in [0.15, 0.2) is 0 Å². The first-order valence-electron chi connectivity index (χ1n) is 3.72. The zero-order valence-corrected chi connectivity index (χ0v) is 9.06. The van der Waals surface area contributed by atoms with Gasteiger partial charge in [-0.1, -0.05) is 23.2 Å². The van der Waals surface area contributed by atoms with E-state index in [2.05, 4.69) is 9.84 Å². The Hall–Kier alpha value is -1.27. The number of ether oxygens (including phenoxy) is 1. The van der Waals surface area contributed by atoms with Gasteiger partial charge in [-0.05, 0) is 0 Å². The second-order valence-corrected chi connectivity index (χ2v) is 3.29. The second kappa shape index (κ2) is 4.50. The van der Waals surface area contributed by atoms with Crippen LogP contribution in [0, 0.1) is 0 Å². The van der Waals surface area contributed by atoms with Gasteiger partial charge in [0.25, 0.3) is 11.1 Å². The largest absolute Gasteiger partial charge is 0.468 e. The van der Waals surface area contributed by atoms with Crippen molar-refractivity contribution in [3.05, 3.63) is 30.8 Å². The van der Waals surface area contributed by atoms with Crippen molar-refractivity contribution in [3.8, 4) is 0 Å². The fourth-order valence-electron chi connectivity index (χ4n) is 0.839. The van der Waals surface area contributed by atoms with Crippen molar-refractivity contribution in [2.75, 3.05) is 7.11 Å². The van der Waals surface area contributed by atoms with Crippen LogP contribution >= 0.6 is 23.2 Å². The van der Waals surface area contributed by atoms with Gasteiger partial charge >= 0.3 is 5.97 Å². The molecule has 0 fully saturated rings. The number of rotatable bonds is 2. The van der Waals surface area contributed by atoms with Gasteiger partial charge in [-0.2, -0.15) is 0 Å². The van der Waals surface area contributed by atoms with Crippen LogP contribution in [0.2, 0.25) is 10.0 Å². The molecule has 1 aromatic heterocycles. The van der Waals surface area contributed by atoms with Gasteiger partial charge in [0, 0.05) is 0 Å². The third-order valence-electron chi connectivity index (χ3n) is 1.58. The zero-order chi connectivity index (χ0) is 11.6. The SMILES string of the molecule is COC(=O)Cn1[nH]c(=O)c(Cl)c(Cl)c1=O. The maximum Gasteiger partial charge on any atom is 0.327 e. The highest BCUT2D eigenvalue weighted by molar-refractivity contribution is 6.41. The molecule has 15 heavy (non-hydrogen) atoms. The van der Waals surface area contributed by atoms with Gasteiger partial charge in [-0.3, -0.25) is 19.5 Å². The molecule has 0 unspecified atom stereocenters. The van der Waals surface area contributed by atoms with E-state index in [1.54, 1.807) is 0 Å². The summed E-state index contributed by atoms with van der Waals surface area (Å²) in [5.41, 5.74) is -1.50. The number of halogens is 2. The molecule has 0 atom stereocenters. The van der Waals surface area contributed by atoms with E-state index in [4.69, 9.17) is 23.2 Å². The molecule has 0 aliphatic rings. The molecule has 0 radical (unpaired) electrons. The van der Waals surface area contributed by atoms with Crippen molar-refractivity contribution in [1.29, 1.82) is 0 Å². The van der Waals surface area contributed by atoms with Crippen LogP contribution in [0.3, 0.4) is 0 Å². The number of methoxy groups -OCH3 is 1. The molecule has 0 saturated carbocycles. The number of nitrogens with zero attached hydrogens (tertiary/aromatic N) is 1. The fourth-order valence-corrected chi connectivity index (χ4v) is 1.15. The molecule has 1 aromatic rings. The highest BCUT2D eigenvalue weighted by atomic mass is 35.5. The van der Waals surface area contributed by atoms with Crippen molar-refractivity contribution in [2.24, 2.45) is 0 Å². The normalized spacial score (nSPS) is 10.1. The Bertz CT molecular complexity index is 505. The summed E-state index contributed by atoms with van der Waals surface area (Å²) in [4.78, 5) is 33.3. The molecule has 82 valence electrons. The van der Waals surface area contributed by atoms with Gasteiger partial charge in [0.05, 0.1) is 7.11 Å². The summed E-state index contributed by atoms with van der Waals surface area (Å²) in [6.45, 7) is -0.429. The average molecular weight is 253 g/mol. The van der Waals surface area contributed by atoms with E-state index in [-0.39, 0.29) is 0 Å². The molecule has 0 amide bonds. The van der Waals surface area contributed by atoms with Crippen LogP contribution in [-0.4, -0.2) is 22.9 Å². The van der Waals surface area contributed by atoms with Gasteiger partial charge in [-0.25, -0.2) is 4.68 Å². The highest BCUT2D eigenvalue weighted by Gasteiger charge is 2.12.